The summed E-state index contributed by atoms with van der Waals surface area (Å²) in [5.41, 5.74) is 1.89. The molecule has 3 rings (SSSR count). The Bertz CT molecular complexity index is 522. The molecule has 2 aromatic rings. The highest BCUT2D eigenvalue weighted by Crippen LogP contribution is 2.34. The Kier molecular flexibility index (Phi) is 2.14. The van der Waals surface area contributed by atoms with Gasteiger partial charge in [0.25, 0.3) is 0 Å². The molecule has 0 saturated heterocycles. The summed E-state index contributed by atoms with van der Waals surface area (Å²) in [6, 6.07) is 11.6. The summed E-state index contributed by atoms with van der Waals surface area (Å²) in [7, 11) is 0. The van der Waals surface area contributed by atoms with Crippen LogP contribution in [0.15, 0.2) is 53.8 Å². The number of fused-ring (bicyclic) bond motifs is 1. The van der Waals surface area contributed by atoms with Crippen molar-refractivity contribution >= 4 is 11.9 Å². The van der Waals surface area contributed by atoms with E-state index in [1.54, 1.807) is 18.6 Å². The Labute approximate surface area is 93.4 Å². The average Bonchev–Trinajstić information content (AvgIpc) is 2.39. The molecule has 2 heterocycles. The summed E-state index contributed by atoms with van der Waals surface area (Å²) in [4.78, 5) is 8.45. The van der Waals surface area contributed by atoms with Crippen molar-refractivity contribution in [3.8, 4) is 5.75 Å². The van der Waals surface area contributed by atoms with Crippen molar-refractivity contribution < 1.29 is 4.74 Å². The lowest BCUT2D eigenvalue weighted by Gasteiger charge is -2.20. The van der Waals surface area contributed by atoms with E-state index in [2.05, 4.69) is 9.98 Å². The number of aliphatic imine (C=N–C) groups is 1. The van der Waals surface area contributed by atoms with Crippen LogP contribution in [0, 0.1) is 0 Å². The Hall–Kier alpha value is -2.16. The molecule has 0 radical (unpaired) electrons. The second-order valence-corrected chi connectivity index (χ2v) is 3.57. The fourth-order valence-electron chi connectivity index (χ4n) is 1.68. The molecule has 0 amide bonds. The summed E-state index contributed by atoms with van der Waals surface area (Å²) in [5, 5.41) is 0. The Balaban J connectivity index is 1.95. The van der Waals surface area contributed by atoms with Crippen LogP contribution in [0.25, 0.3) is 0 Å². The quantitative estimate of drug-likeness (QED) is 0.725. The zero-order chi connectivity index (χ0) is 10.8. The van der Waals surface area contributed by atoms with Crippen molar-refractivity contribution in [2.24, 2.45) is 4.99 Å². The maximum Gasteiger partial charge on any atom is 0.160 e. The van der Waals surface area contributed by atoms with Crippen LogP contribution in [-0.2, 0) is 0 Å². The van der Waals surface area contributed by atoms with E-state index >= 15 is 0 Å². The normalized spacial score (nSPS) is 17.6. The number of ether oxygens (including phenoxy) is 1. The van der Waals surface area contributed by atoms with E-state index in [1.165, 1.54) is 0 Å². The Morgan fingerprint density at radius 1 is 1.06 bits per heavy atom. The van der Waals surface area contributed by atoms with E-state index in [-0.39, 0.29) is 6.10 Å². The minimum Gasteiger partial charge on any atom is -0.478 e. The summed E-state index contributed by atoms with van der Waals surface area (Å²) >= 11 is 0. The minimum atomic E-state index is -0.136. The van der Waals surface area contributed by atoms with Crippen LogP contribution in [0.3, 0.4) is 0 Å². The molecule has 1 aliphatic rings. The number of nitrogens with zero attached hydrogens (tertiary/aromatic N) is 2. The molecule has 1 aromatic carbocycles. The van der Waals surface area contributed by atoms with E-state index in [9.17, 15) is 0 Å². The predicted molar refractivity (Wildman–Crippen MR) is 62.2 cm³/mol. The molecule has 0 bridgehead atoms. The van der Waals surface area contributed by atoms with Crippen molar-refractivity contribution in [2.75, 3.05) is 0 Å². The van der Waals surface area contributed by atoms with Gasteiger partial charge in [0.1, 0.15) is 11.4 Å². The SMILES string of the molecule is C1=Nc2ccccc2OC1c1cccnc1. The molecule has 0 N–H and O–H groups in total. The summed E-state index contributed by atoms with van der Waals surface area (Å²) in [6.45, 7) is 0. The van der Waals surface area contributed by atoms with E-state index in [0.717, 1.165) is 17.0 Å². The predicted octanol–water partition coefficient (Wildman–Crippen LogP) is 2.92. The van der Waals surface area contributed by atoms with Crippen molar-refractivity contribution in [3.63, 3.8) is 0 Å². The number of hydrogen-bond donors (Lipinski definition) is 0. The number of rotatable bonds is 1. The molecule has 3 heteroatoms. The molecule has 0 spiro atoms. The molecular weight excluding hydrogens is 200 g/mol. The van der Waals surface area contributed by atoms with Gasteiger partial charge in [-0.2, -0.15) is 0 Å². The molecule has 16 heavy (non-hydrogen) atoms. The number of pyridine rings is 1. The highest BCUT2D eigenvalue weighted by molar-refractivity contribution is 5.75. The lowest BCUT2D eigenvalue weighted by atomic mass is 10.1. The van der Waals surface area contributed by atoms with Crippen LogP contribution in [0.5, 0.6) is 5.75 Å². The van der Waals surface area contributed by atoms with Crippen LogP contribution in [0.4, 0.5) is 5.69 Å². The third kappa shape index (κ3) is 1.56. The van der Waals surface area contributed by atoms with Crippen LogP contribution in [0.2, 0.25) is 0 Å². The summed E-state index contributed by atoms with van der Waals surface area (Å²) in [5.74, 6) is 0.818. The lowest BCUT2D eigenvalue weighted by molar-refractivity contribution is 0.274. The second-order valence-electron chi connectivity index (χ2n) is 3.57. The van der Waals surface area contributed by atoms with Crippen molar-refractivity contribution in [1.29, 1.82) is 0 Å². The largest absolute Gasteiger partial charge is 0.478 e. The van der Waals surface area contributed by atoms with Gasteiger partial charge in [-0.15, -0.1) is 0 Å². The van der Waals surface area contributed by atoms with Crippen molar-refractivity contribution in [2.45, 2.75) is 6.10 Å². The summed E-state index contributed by atoms with van der Waals surface area (Å²) in [6.07, 6.45) is 5.21. The van der Waals surface area contributed by atoms with Gasteiger partial charge in [-0.1, -0.05) is 18.2 Å². The first kappa shape index (κ1) is 9.09. The number of para-hydroxylation sites is 2. The zero-order valence-corrected chi connectivity index (χ0v) is 8.58. The van der Waals surface area contributed by atoms with E-state index in [1.807, 2.05) is 36.4 Å². The van der Waals surface area contributed by atoms with Gasteiger partial charge in [0.2, 0.25) is 0 Å². The second kappa shape index (κ2) is 3.77. The first-order valence-corrected chi connectivity index (χ1v) is 5.13. The van der Waals surface area contributed by atoms with Crippen molar-refractivity contribution in [3.05, 3.63) is 54.4 Å². The molecule has 1 atom stereocenters. The van der Waals surface area contributed by atoms with Gasteiger partial charge in [-0.25, -0.2) is 0 Å². The van der Waals surface area contributed by atoms with E-state index in [4.69, 9.17) is 4.74 Å². The molecule has 0 aliphatic carbocycles. The molecule has 0 saturated carbocycles. The zero-order valence-electron chi connectivity index (χ0n) is 8.58. The number of benzene rings is 1. The molecule has 1 unspecified atom stereocenters. The summed E-state index contributed by atoms with van der Waals surface area (Å²) < 4.78 is 5.83. The molecule has 1 aliphatic heterocycles. The average molecular weight is 210 g/mol. The minimum absolute atomic E-state index is 0.136. The molecule has 0 fully saturated rings. The Morgan fingerprint density at radius 2 is 2.00 bits per heavy atom. The Morgan fingerprint density at radius 3 is 2.88 bits per heavy atom. The maximum atomic E-state index is 5.83. The highest BCUT2D eigenvalue weighted by atomic mass is 16.5. The highest BCUT2D eigenvalue weighted by Gasteiger charge is 2.16. The van der Waals surface area contributed by atoms with E-state index < -0.39 is 0 Å². The number of aromatic nitrogens is 1. The van der Waals surface area contributed by atoms with Crippen LogP contribution >= 0.6 is 0 Å². The van der Waals surface area contributed by atoms with Gasteiger partial charge >= 0.3 is 0 Å². The maximum absolute atomic E-state index is 5.83. The van der Waals surface area contributed by atoms with Gasteiger partial charge in [0.15, 0.2) is 6.10 Å². The molecule has 3 nitrogen and oxygen atoms in total. The lowest BCUT2D eigenvalue weighted by Crippen LogP contribution is -2.12. The fourth-order valence-corrected chi connectivity index (χ4v) is 1.68. The van der Waals surface area contributed by atoms with Gasteiger partial charge in [-0.3, -0.25) is 9.98 Å². The van der Waals surface area contributed by atoms with E-state index in [0.29, 0.717) is 0 Å². The van der Waals surface area contributed by atoms with Gasteiger partial charge in [0.05, 0.1) is 6.21 Å². The third-order valence-corrected chi connectivity index (χ3v) is 2.48. The first-order valence-electron chi connectivity index (χ1n) is 5.13. The number of hydrogen-bond acceptors (Lipinski definition) is 3. The van der Waals surface area contributed by atoms with Gasteiger partial charge in [0, 0.05) is 18.0 Å². The van der Waals surface area contributed by atoms with Crippen molar-refractivity contribution in [1.82, 2.24) is 4.98 Å². The monoisotopic (exact) mass is 210 g/mol. The molecule has 78 valence electrons. The van der Waals surface area contributed by atoms with Gasteiger partial charge in [-0.05, 0) is 18.2 Å². The third-order valence-electron chi connectivity index (χ3n) is 2.48. The first-order chi connectivity index (χ1) is 7.93. The standard InChI is InChI=1S/C13H10N2O/c1-2-6-12-11(5-1)15-9-13(16-12)10-4-3-7-14-8-10/h1-9,13H. The van der Waals surface area contributed by atoms with Crippen LogP contribution in [-0.4, -0.2) is 11.2 Å². The fraction of sp³-hybridized carbons (Fsp3) is 0.0769. The van der Waals surface area contributed by atoms with Crippen LogP contribution < -0.4 is 4.74 Å². The van der Waals surface area contributed by atoms with Gasteiger partial charge < -0.3 is 4.74 Å². The molecule has 1 aromatic heterocycles. The topological polar surface area (TPSA) is 34.5 Å². The smallest absolute Gasteiger partial charge is 0.160 e. The molecular formula is C13H10N2O. The van der Waals surface area contributed by atoms with Crippen LogP contribution in [0.1, 0.15) is 11.7 Å².